The molecule has 2 amide bonds. The Bertz CT molecular complexity index is 1390. The highest BCUT2D eigenvalue weighted by Crippen LogP contribution is 2.36. The Morgan fingerprint density at radius 1 is 0.950 bits per heavy atom. The minimum atomic E-state index is -0.488. The van der Waals surface area contributed by atoms with Crippen molar-refractivity contribution in [1.82, 2.24) is 4.90 Å². The van der Waals surface area contributed by atoms with Crippen molar-refractivity contribution in [2.24, 2.45) is 5.73 Å². The minimum Gasteiger partial charge on any atom is -0.494 e. The highest BCUT2D eigenvalue weighted by Gasteiger charge is 2.33. The number of nitrogens with two attached hydrogens (primary N) is 1. The largest absolute Gasteiger partial charge is 0.494 e. The summed E-state index contributed by atoms with van der Waals surface area (Å²) in [5, 5.41) is 0. The third-order valence-corrected chi connectivity index (χ3v) is 7.73. The SMILES string of the molecule is NC(=O)c1ccc(Oc2ccc(C=C3SC(=S)N(c4ccc(OCCCN5CCOCC5)cc4)C3=O)cc2)cc1. The van der Waals surface area contributed by atoms with Crippen molar-refractivity contribution in [3.8, 4) is 17.2 Å². The van der Waals surface area contributed by atoms with Crippen molar-refractivity contribution in [2.75, 3.05) is 44.4 Å². The van der Waals surface area contributed by atoms with Gasteiger partial charge in [-0.2, -0.15) is 0 Å². The summed E-state index contributed by atoms with van der Waals surface area (Å²) in [6.45, 7) is 5.17. The van der Waals surface area contributed by atoms with E-state index in [1.165, 1.54) is 11.8 Å². The van der Waals surface area contributed by atoms with E-state index in [2.05, 4.69) is 4.90 Å². The fraction of sp³-hybridized carbons (Fsp3) is 0.233. The molecule has 3 aromatic rings. The second-order valence-corrected chi connectivity index (χ2v) is 10.9. The summed E-state index contributed by atoms with van der Waals surface area (Å²) in [4.78, 5) is 28.9. The Kier molecular flexibility index (Phi) is 9.12. The summed E-state index contributed by atoms with van der Waals surface area (Å²) in [6, 6.07) is 21.4. The second-order valence-electron chi connectivity index (χ2n) is 9.23. The smallest absolute Gasteiger partial charge is 0.270 e. The summed E-state index contributed by atoms with van der Waals surface area (Å²) >= 11 is 6.80. The van der Waals surface area contributed by atoms with Crippen LogP contribution in [0.4, 0.5) is 5.69 Å². The molecule has 2 aliphatic heterocycles. The zero-order valence-electron chi connectivity index (χ0n) is 21.8. The summed E-state index contributed by atoms with van der Waals surface area (Å²) in [5.74, 6) is 1.32. The molecule has 8 nitrogen and oxygen atoms in total. The Balaban J connectivity index is 1.15. The van der Waals surface area contributed by atoms with Gasteiger partial charge in [0.1, 0.15) is 17.2 Å². The van der Waals surface area contributed by atoms with Crippen LogP contribution in [0.3, 0.4) is 0 Å². The number of hydrogen-bond acceptors (Lipinski definition) is 8. The number of thiocarbonyl (C=S) groups is 1. The van der Waals surface area contributed by atoms with Gasteiger partial charge in [-0.3, -0.25) is 19.4 Å². The van der Waals surface area contributed by atoms with Crippen molar-refractivity contribution < 1.29 is 23.8 Å². The fourth-order valence-corrected chi connectivity index (χ4v) is 5.59. The van der Waals surface area contributed by atoms with E-state index in [1.807, 2.05) is 54.6 Å². The van der Waals surface area contributed by atoms with Gasteiger partial charge in [0.25, 0.3) is 5.91 Å². The van der Waals surface area contributed by atoms with Gasteiger partial charge in [0.15, 0.2) is 4.32 Å². The molecule has 206 valence electrons. The van der Waals surface area contributed by atoms with E-state index in [1.54, 1.807) is 29.2 Å². The van der Waals surface area contributed by atoms with E-state index in [-0.39, 0.29) is 5.91 Å². The van der Waals surface area contributed by atoms with Crippen LogP contribution in [0.1, 0.15) is 22.3 Å². The maximum absolute atomic E-state index is 13.2. The molecular weight excluding hydrogens is 546 g/mol. The van der Waals surface area contributed by atoms with E-state index in [0.29, 0.717) is 38.6 Å². The minimum absolute atomic E-state index is 0.163. The van der Waals surface area contributed by atoms with Gasteiger partial charge in [-0.1, -0.05) is 36.1 Å². The first-order valence-electron chi connectivity index (χ1n) is 12.9. The first-order valence-corrected chi connectivity index (χ1v) is 14.2. The fourth-order valence-electron chi connectivity index (χ4n) is 4.29. The lowest BCUT2D eigenvalue weighted by Gasteiger charge is -2.26. The van der Waals surface area contributed by atoms with Gasteiger partial charge in [0, 0.05) is 25.2 Å². The highest BCUT2D eigenvalue weighted by atomic mass is 32.2. The van der Waals surface area contributed by atoms with Gasteiger partial charge in [-0.05, 0) is 78.7 Å². The third kappa shape index (κ3) is 7.08. The van der Waals surface area contributed by atoms with Crippen molar-refractivity contribution in [2.45, 2.75) is 6.42 Å². The lowest BCUT2D eigenvalue weighted by Crippen LogP contribution is -2.37. The Morgan fingerprint density at radius 2 is 1.57 bits per heavy atom. The average Bonchev–Trinajstić information content (AvgIpc) is 3.25. The Hall–Kier alpha value is -3.70. The molecule has 2 heterocycles. The van der Waals surface area contributed by atoms with E-state index in [9.17, 15) is 9.59 Å². The number of morpholine rings is 1. The van der Waals surface area contributed by atoms with E-state index in [4.69, 9.17) is 32.2 Å². The molecule has 0 aliphatic carbocycles. The first kappa shape index (κ1) is 27.9. The molecule has 10 heteroatoms. The number of carbonyl (C=O) groups is 2. The molecule has 0 saturated carbocycles. The van der Waals surface area contributed by atoms with Crippen molar-refractivity contribution >= 4 is 51.9 Å². The lowest BCUT2D eigenvalue weighted by atomic mass is 10.2. The van der Waals surface area contributed by atoms with Crippen LogP contribution in [-0.4, -0.2) is 60.5 Å². The molecule has 0 bridgehead atoms. The van der Waals surface area contributed by atoms with E-state index < -0.39 is 5.91 Å². The molecule has 2 N–H and O–H groups in total. The highest BCUT2D eigenvalue weighted by molar-refractivity contribution is 8.27. The summed E-state index contributed by atoms with van der Waals surface area (Å²) in [7, 11) is 0. The van der Waals surface area contributed by atoms with Gasteiger partial charge in [-0.25, -0.2) is 0 Å². The molecule has 2 fully saturated rings. The number of anilines is 1. The number of benzene rings is 3. The molecule has 5 rings (SSSR count). The molecule has 0 radical (unpaired) electrons. The Labute approximate surface area is 242 Å². The molecule has 0 spiro atoms. The maximum atomic E-state index is 13.2. The van der Waals surface area contributed by atoms with E-state index in [0.717, 1.165) is 50.6 Å². The van der Waals surface area contributed by atoms with Crippen LogP contribution in [0.25, 0.3) is 6.08 Å². The van der Waals surface area contributed by atoms with Gasteiger partial charge in [-0.15, -0.1) is 0 Å². The van der Waals surface area contributed by atoms with Crippen LogP contribution < -0.4 is 20.1 Å². The predicted molar refractivity (Wildman–Crippen MR) is 161 cm³/mol. The number of nitrogens with zero attached hydrogens (tertiary/aromatic N) is 2. The Morgan fingerprint density at radius 3 is 2.23 bits per heavy atom. The summed E-state index contributed by atoms with van der Waals surface area (Å²) in [6.07, 6.45) is 2.76. The van der Waals surface area contributed by atoms with Crippen LogP contribution in [0.2, 0.25) is 0 Å². The molecule has 0 aromatic heterocycles. The standard InChI is InChI=1S/C30H29N3O5S2/c31-28(34)22-4-10-26(11-5-22)38-25-8-2-21(3-9-25)20-27-29(35)33(30(39)40-27)23-6-12-24(13-7-23)37-17-1-14-32-15-18-36-19-16-32/h2-13,20H,1,14-19H2,(H2,31,34). The molecule has 2 saturated heterocycles. The number of hydrogen-bond donors (Lipinski definition) is 1. The quantitative estimate of drug-likeness (QED) is 0.203. The van der Waals surface area contributed by atoms with Crippen molar-refractivity contribution in [3.63, 3.8) is 0 Å². The van der Waals surface area contributed by atoms with Crippen LogP contribution in [0, 0.1) is 0 Å². The van der Waals surface area contributed by atoms with Gasteiger partial charge >= 0.3 is 0 Å². The lowest BCUT2D eigenvalue weighted by molar-refractivity contribution is -0.113. The number of amides is 2. The summed E-state index contributed by atoms with van der Waals surface area (Å²) < 4.78 is 17.6. The number of carbonyl (C=O) groups excluding carboxylic acids is 2. The monoisotopic (exact) mass is 575 g/mol. The zero-order chi connectivity index (χ0) is 27.9. The van der Waals surface area contributed by atoms with Crippen LogP contribution in [0.5, 0.6) is 17.2 Å². The van der Waals surface area contributed by atoms with Crippen LogP contribution in [0.15, 0.2) is 77.7 Å². The normalized spacial score (nSPS) is 16.9. The van der Waals surface area contributed by atoms with Gasteiger partial charge in [0.2, 0.25) is 5.91 Å². The third-order valence-electron chi connectivity index (χ3n) is 6.43. The van der Waals surface area contributed by atoms with Gasteiger partial charge in [0.05, 0.1) is 30.4 Å². The predicted octanol–water partition coefficient (Wildman–Crippen LogP) is 5.08. The maximum Gasteiger partial charge on any atom is 0.270 e. The van der Waals surface area contributed by atoms with E-state index >= 15 is 0 Å². The molecule has 2 aliphatic rings. The molecule has 40 heavy (non-hydrogen) atoms. The number of rotatable bonds is 10. The topological polar surface area (TPSA) is 94.3 Å². The molecular formula is C30H29N3O5S2. The first-order chi connectivity index (χ1) is 19.5. The number of primary amides is 1. The number of thioether (sulfide) groups is 1. The van der Waals surface area contributed by atoms with Crippen molar-refractivity contribution in [3.05, 3.63) is 88.8 Å². The molecule has 0 unspecified atom stereocenters. The molecule has 0 atom stereocenters. The van der Waals surface area contributed by atoms with Gasteiger partial charge < -0.3 is 19.9 Å². The average molecular weight is 576 g/mol. The molecule has 3 aromatic carbocycles. The zero-order valence-corrected chi connectivity index (χ0v) is 23.4. The summed E-state index contributed by atoms with van der Waals surface area (Å²) in [5.41, 5.74) is 7.24. The second kappa shape index (κ2) is 13.1. The van der Waals surface area contributed by atoms with Crippen LogP contribution in [-0.2, 0) is 9.53 Å². The number of ether oxygens (including phenoxy) is 3. The van der Waals surface area contributed by atoms with Crippen molar-refractivity contribution in [1.29, 1.82) is 0 Å². The van der Waals surface area contributed by atoms with Crippen LogP contribution >= 0.6 is 24.0 Å².